The van der Waals surface area contributed by atoms with Crippen molar-refractivity contribution >= 4 is 23.7 Å². The third-order valence-electron chi connectivity index (χ3n) is 2.14. The van der Waals surface area contributed by atoms with Crippen molar-refractivity contribution in [2.45, 2.75) is 49.9 Å². The van der Waals surface area contributed by atoms with Crippen LogP contribution in [0.3, 0.4) is 0 Å². The summed E-state index contributed by atoms with van der Waals surface area (Å²) < 4.78 is 37.5. The smallest absolute Gasteiger partial charge is 0.336 e. The maximum absolute atomic E-state index is 12.3. The maximum atomic E-state index is 12.3. The molecule has 0 saturated carbocycles. The predicted octanol–water partition coefficient (Wildman–Crippen LogP) is 0.950. The molecule has 1 unspecified atom stereocenters. The van der Waals surface area contributed by atoms with Crippen LogP contribution in [-0.2, 0) is 11.3 Å². The second-order valence-electron chi connectivity index (χ2n) is 4.61. The first-order chi connectivity index (χ1) is 10.1. The molecule has 1 aromatic heterocycles. The molecule has 0 aromatic carbocycles. The van der Waals surface area contributed by atoms with Crippen LogP contribution in [0.1, 0.15) is 20.8 Å². The van der Waals surface area contributed by atoms with Crippen LogP contribution in [0.25, 0.3) is 0 Å². The average Bonchev–Trinajstić information content (AvgIpc) is 2.72. The van der Waals surface area contributed by atoms with Gasteiger partial charge in [-0.3, -0.25) is 10.1 Å². The highest BCUT2D eigenvalue weighted by molar-refractivity contribution is 8.00. The van der Waals surface area contributed by atoms with E-state index in [9.17, 15) is 22.8 Å². The average molecular weight is 340 g/mol. The van der Waals surface area contributed by atoms with Gasteiger partial charge in [0.05, 0.1) is 5.25 Å². The molecule has 124 valence electrons. The fourth-order valence-corrected chi connectivity index (χ4v) is 2.06. The summed E-state index contributed by atoms with van der Waals surface area (Å²) in [7, 11) is 0. The molecule has 22 heavy (non-hydrogen) atoms. The summed E-state index contributed by atoms with van der Waals surface area (Å²) in [6.45, 7) is 3.50. The normalized spacial score (nSPS) is 13.0. The molecule has 2 N–H and O–H groups in total. The van der Waals surface area contributed by atoms with Gasteiger partial charge in [-0.1, -0.05) is 11.8 Å². The van der Waals surface area contributed by atoms with E-state index in [1.54, 1.807) is 13.8 Å². The summed E-state index contributed by atoms with van der Waals surface area (Å²) in [5, 5.41) is 13.3. The number of aromatic nitrogens is 4. The van der Waals surface area contributed by atoms with E-state index in [-0.39, 0.29) is 11.2 Å². The summed E-state index contributed by atoms with van der Waals surface area (Å²) in [6, 6.07) is -0.836. The zero-order chi connectivity index (χ0) is 16.9. The first-order valence-corrected chi connectivity index (χ1v) is 7.07. The molecule has 3 amide bonds. The molecule has 0 radical (unpaired) electrons. The van der Waals surface area contributed by atoms with Gasteiger partial charge in [0, 0.05) is 6.04 Å². The topological polar surface area (TPSA) is 102 Å². The van der Waals surface area contributed by atoms with Gasteiger partial charge in [0.1, 0.15) is 6.54 Å². The van der Waals surface area contributed by atoms with Crippen LogP contribution in [0, 0.1) is 0 Å². The second-order valence-corrected chi connectivity index (χ2v) is 5.92. The van der Waals surface area contributed by atoms with Crippen molar-refractivity contribution in [2.75, 3.05) is 0 Å². The Balaban J connectivity index is 2.61. The van der Waals surface area contributed by atoms with E-state index in [2.05, 4.69) is 26.2 Å². The lowest BCUT2D eigenvalue weighted by molar-refractivity contribution is -0.144. The van der Waals surface area contributed by atoms with Crippen molar-refractivity contribution in [1.29, 1.82) is 0 Å². The number of hydrogen-bond donors (Lipinski definition) is 2. The molecular formula is C10H15F3N6O2S. The summed E-state index contributed by atoms with van der Waals surface area (Å²) in [6.07, 6.45) is -4.48. The molecule has 0 aliphatic heterocycles. The third-order valence-corrected chi connectivity index (χ3v) is 3.21. The number of hydrogen-bond acceptors (Lipinski definition) is 6. The molecule has 1 heterocycles. The SMILES string of the molecule is CC(C)NC(=O)NC(=O)C(C)Sc1nnnn1CC(F)(F)F. The van der Waals surface area contributed by atoms with Crippen LogP contribution in [0.5, 0.6) is 0 Å². The van der Waals surface area contributed by atoms with E-state index in [0.29, 0.717) is 4.68 Å². The van der Waals surface area contributed by atoms with Crippen LogP contribution in [0.2, 0.25) is 0 Å². The summed E-state index contributed by atoms with van der Waals surface area (Å²) in [4.78, 5) is 23.1. The number of rotatable bonds is 5. The second kappa shape index (κ2) is 7.42. The Labute approximate surface area is 128 Å². The molecule has 0 saturated heterocycles. The maximum Gasteiger partial charge on any atom is 0.408 e. The Bertz CT molecular complexity index is 533. The molecule has 8 nitrogen and oxygen atoms in total. The number of urea groups is 1. The highest BCUT2D eigenvalue weighted by Crippen LogP contribution is 2.23. The fraction of sp³-hybridized carbons (Fsp3) is 0.700. The van der Waals surface area contributed by atoms with Crippen LogP contribution >= 0.6 is 11.8 Å². The molecule has 0 aliphatic carbocycles. The third kappa shape index (κ3) is 6.28. The van der Waals surface area contributed by atoms with Crippen molar-refractivity contribution in [3.8, 4) is 0 Å². The van der Waals surface area contributed by atoms with Gasteiger partial charge in [0.25, 0.3) is 0 Å². The molecule has 0 fully saturated rings. The summed E-state index contributed by atoms with van der Waals surface area (Å²) in [5.41, 5.74) is 0. The number of amides is 3. The highest BCUT2D eigenvalue weighted by atomic mass is 32.2. The number of thioether (sulfide) groups is 1. The highest BCUT2D eigenvalue weighted by Gasteiger charge is 2.31. The molecule has 0 spiro atoms. The Hall–Kier alpha value is -1.85. The first-order valence-electron chi connectivity index (χ1n) is 6.19. The van der Waals surface area contributed by atoms with Gasteiger partial charge in [0.2, 0.25) is 11.1 Å². The Kier molecular flexibility index (Phi) is 6.14. The van der Waals surface area contributed by atoms with Gasteiger partial charge in [-0.05, 0) is 31.2 Å². The van der Waals surface area contributed by atoms with E-state index in [0.717, 1.165) is 11.8 Å². The molecule has 1 atom stereocenters. The number of alkyl halides is 3. The number of tetrazole rings is 1. The molecule has 0 aliphatic rings. The molecular weight excluding hydrogens is 325 g/mol. The minimum Gasteiger partial charge on any atom is -0.336 e. The minimum absolute atomic E-state index is 0.158. The van der Waals surface area contributed by atoms with Crippen molar-refractivity contribution in [3.63, 3.8) is 0 Å². The van der Waals surface area contributed by atoms with Crippen molar-refractivity contribution in [3.05, 3.63) is 0 Å². The standard InChI is InChI=1S/C10H15F3N6O2S/c1-5(2)14-8(21)15-7(20)6(3)22-9-16-17-18-19(9)4-10(11,12)13/h5-6H,4H2,1-3H3,(H2,14,15,20,21). The number of nitrogens with zero attached hydrogens (tertiary/aromatic N) is 4. The number of imide groups is 1. The van der Waals surface area contributed by atoms with Crippen LogP contribution < -0.4 is 10.6 Å². The lowest BCUT2D eigenvalue weighted by atomic mass is 10.4. The lowest BCUT2D eigenvalue weighted by Gasteiger charge is -2.13. The molecule has 1 aromatic rings. The number of carbonyl (C=O) groups excluding carboxylic acids is 2. The minimum atomic E-state index is -4.48. The summed E-state index contributed by atoms with van der Waals surface area (Å²) >= 11 is 0.721. The van der Waals surface area contributed by atoms with E-state index >= 15 is 0 Å². The largest absolute Gasteiger partial charge is 0.408 e. The molecule has 12 heteroatoms. The predicted molar refractivity (Wildman–Crippen MR) is 71.0 cm³/mol. The Morgan fingerprint density at radius 3 is 2.50 bits per heavy atom. The van der Waals surface area contributed by atoms with E-state index < -0.39 is 29.9 Å². The van der Waals surface area contributed by atoms with Gasteiger partial charge in [0.15, 0.2) is 0 Å². The van der Waals surface area contributed by atoms with E-state index in [4.69, 9.17) is 0 Å². The van der Waals surface area contributed by atoms with E-state index in [1.807, 2.05) is 0 Å². The lowest BCUT2D eigenvalue weighted by Crippen LogP contribution is -2.45. The number of halogens is 3. The van der Waals surface area contributed by atoms with Crippen LogP contribution in [0.4, 0.5) is 18.0 Å². The molecule has 1 rings (SSSR count). The zero-order valence-electron chi connectivity index (χ0n) is 12.0. The van der Waals surface area contributed by atoms with Gasteiger partial charge in [-0.25, -0.2) is 9.48 Å². The number of nitrogens with one attached hydrogen (secondary N) is 2. The van der Waals surface area contributed by atoms with Gasteiger partial charge in [-0.2, -0.15) is 13.2 Å². The summed E-state index contributed by atoms with van der Waals surface area (Å²) in [5.74, 6) is -0.662. The molecule has 0 bridgehead atoms. The Morgan fingerprint density at radius 1 is 1.32 bits per heavy atom. The number of carbonyl (C=O) groups is 2. The Morgan fingerprint density at radius 2 is 1.95 bits per heavy atom. The van der Waals surface area contributed by atoms with Crippen molar-refractivity contribution < 1.29 is 22.8 Å². The van der Waals surface area contributed by atoms with Crippen molar-refractivity contribution in [1.82, 2.24) is 30.8 Å². The van der Waals surface area contributed by atoms with Gasteiger partial charge < -0.3 is 5.32 Å². The quantitative estimate of drug-likeness (QED) is 0.774. The van der Waals surface area contributed by atoms with Gasteiger partial charge >= 0.3 is 12.2 Å². The van der Waals surface area contributed by atoms with Gasteiger partial charge in [-0.15, -0.1) is 5.10 Å². The first kappa shape index (κ1) is 18.2. The fourth-order valence-electron chi connectivity index (χ4n) is 1.27. The van der Waals surface area contributed by atoms with Crippen molar-refractivity contribution in [2.24, 2.45) is 0 Å². The van der Waals surface area contributed by atoms with Crippen LogP contribution in [-0.4, -0.2) is 49.6 Å². The monoisotopic (exact) mass is 340 g/mol. The van der Waals surface area contributed by atoms with E-state index in [1.165, 1.54) is 6.92 Å². The zero-order valence-corrected chi connectivity index (χ0v) is 12.8. The van der Waals surface area contributed by atoms with Crippen LogP contribution in [0.15, 0.2) is 5.16 Å².